The van der Waals surface area contributed by atoms with Gasteiger partial charge < -0.3 is 4.57 Å². The number of aromatic nitrogens is 1. The molecule has 1 aromatic heterocycles. The van der Waals surface area contributed by atoms with Gasteiger partial charge in [0, 0.05) is 12.7 Å². The standard InChI is InChI=1S/C10H15NS/c1-6-7(2)9(4)11(5)10(12)8(6)3/h1-5H3. The van der Waals surface area contributed by atoms with E-state index < -0.39 is 0 Å². The van der Waals surface area contributed by atoms with E-state index in [1.165, 1.54) is 22.4 Å². The van der Waals surface area contributed by atoms with Crippen molar-refractivity contribution in [2.75, 3.05) is 0 Å². The lowest BCUT2D eigenvalue weighted by molar-refractivity contribution is 0.816. The molecule has 1 aromatic rings. The number of nitrogens with zero attached hydrogens (tertiary/aromatic N) is 1. The molecule has 1 rings (SSSR count). The Morgan fingerprint density at radius 1 is 0.917 bits per heavy atom. The summed E-state index contributed by atoms with van der Waals surface area (Å²) < 4.78 is 3.03. The molecule has 2 heteroatoms. The predicted molar refractivity (Wildman–Crippen MR) is 55.2 cm³/mol. The second-order valence-corrected chi connectivity index (χ2v) is 3.71. The van der Waals surface area contributed by atoms with Gasteiger partial charge >= 0.3 is 0 Å². The minimum atomic E-state index is 0.954. The molecular weight excluding hydrogens is 166 g/mol. The van der Waals surface area contributed by atoms with Gasteiger partial charge in [-0.05, 0) is 44.4 Å². The van der Waals surface area contributed by atoms with Gasteiger partial charge in [0.2, 0.25) is 0 Å². The summed E-state index contributed by atoms with van der Waals surface area (Å²) in [5.41, 5.74) is 5.18. The summed E-state index contributed by atoms with van der Waals surface area (Å²) >= 11 is 5.29. The molecule has 0 unspecified atom stereocenters. The van der Waals surface area contributed by atoms with Gasteiger partial charge in [0.25, 0.3) is 0 Å². The fourth-order valence-electron chi connectivity index (χ4n) is 1.37. The van der Waals surface area contributed by atoms with Crippen molar-refractivity contribution in [3.05, 3.63) is 27.0 Å². The highest BCUT2D eigenvalue weighted by atomic mass is 32.1. The third-order valence-electron chi connectivity index (χ3n) is 2.80. The molecule has 1 nitrogen and oxygen atoms in total. The van der Waals surface area contributed by atoms with Crippen molar-refractivity contribution in [3.8, 4) is 0 Å². The van der Waals surface area contributed by atoms with Crippen LogP contribution in [0.2, 0.25) is 0 Å². The maximum Gasteiger partial charge on any atom is 0.109 e. The van der Waals surface area contributed by atoms with Crippen molar-refractivity contribution in [1.29, 1.82) is 0 Å². The smallest absolute Gasteiger partial charge is 0.109 e. The van der Waals surface area contributed by atoms with Crippen molar-refractivity contribution >= 4 is 12.2 Å². The van der Waals surface area contributed by atoms with Crippen molar-refractivity contribution in [3.63, 3.8) is 0 Å². The Morgan fingerprint density at radius 2 is 1.42 bits per heavy atom. The largest absolute Gasteiger partial charge is 0.339 e. The molecule has 0 radical (unpaired) electrons. The molecule has 0 bridgehead atoms. The van der Waals surface area contributed by atoms with Crippen LogP contribution in [0.1, 0.15) is 22.4 Å². The number of hydrogen-bond donors (Lipinski definition) is 0. The van der Waals surface area contributed by atoms with Gasteiger partial charge in [-0.3, -0.25) is 0 Å². The Labute approximate surface area is 79.0 Å². The fraction of sp³-hybridized carbons (Fsp3) is 0.500. The van der Waals surface area contributed by atoms with Gasteiger partial charge in [-0.15, -0.1) is 0 Å². The Hall–Kier alpha value is -0.630. The molecule has 0 aliphatic heterocycles. The van der Waals surface area contributed by atoms with Crippen LogP contribution in [0.3, 0.4) is 0 Å². The summed E-state index contributed by atoms with van der Waals surface area (Å²) in [5.74, 6) is 0. The first-order valence-electron chi connectivity index (χ1n) is 4.10. The SMILES string of the molecule is Cc1c(C)c(C)n(C)c(=S)c1C. The number of pyridine rings is 1. The molecule has 0 saturated carbocycles. The van der Waals surface area contributed by atoms with E-state index in [1.54, 1.807) is 0 Å². The summed E-state index contributed by atoms with van der Waals surface area (Å²) in [7, 11) is 2.02. The third-order valence-corrected chi connectivity index (χ3v) is 3.38. The Kier molecular flexibility index (Phi) is 2.38. The third kappa shape index (κ3) is 1.20. The van der Waals surface area contributed by atoms with Crippen LogP contribution in [0.5, 0.6) is 0 Å². The lowest BCUT2D eigenvalue weighted by Crippen LogP contribution is -2.05. The molecule has 1 heterocycles. The lowest BCUT2D eigenvalue weighted by Gasteiger charge is -2.13. The first-order chi connectivity index (χ1) is 5.46. The lowest BCUT2D eigenvalue weighted by atomic mass is 10.1. The second-order valence-electron chi connectivity index (χ2n) is 3.32. The van der Waals surface area contributed by atoms with Crippen molar-refractivity contribution < 1.29 is 0 Å². The quantitative estimate of drug-likeness (QED) is 0.557. The van der Waals surface area contributed by atoms with Crippen molar-refractivity contribution in [2.24, 2.45) is 7.05 Å². The Balaban J connectivity index is 3.73. The molecule has 12 heavy (non-hydrogen) atoms. The zero-order valence-corrected chi connectivity index (χ0v) is 9.17. The van der Waals surface area contributed by atoms with E-state index in [0.29, 0.717) is 0 Å². The summed E-state index contributed by atoms with van der Waals surface area (Å²) in [4.78, 5) is 0. The Bertz CT molecular complexity index is 342. The first-order valence-corrected chi connectivity index (χ1v) is 4.51. The zero-order valence-electron chi connectivity index (χ0n) is 8.36. The first kappa shape index (κ1) is 9.46. The molecule has 0 aromatic carbocycles. The van der Waals surface area contributed by atoms with Crippen LogP contribution >= 0.6 is 12.2 Å². The average Bonchev–Trinajstić information content (AvgIpc) is 2.08. The predicted octanol–water partition coefficient (Wildman–Crippen LogP) is 2.99. The van der Waals surface area contributed by atoms with E-state index >= 15 is 0 Å². The van der Waals surface area contributed by atoms with Crippen LogP contribution in [0.4, 0.5) is 0 Å². The van der Waals surface area contributed by atoms with Crippen LogP contribution in [0.25, 0.3) is 0 Å². The monoisotopic (exact) mass is 181 g/mol. The zero-order chi connectivity index (χ0) is 9.46. The van der Waals surface area contributed by atoms with Crippen LogP contribution in [0, 0.1) is 32.3 Å². The van der Waals surface area contributed by atoms with Crippen LogP contribution in [-0.2, 0) is 7.05 Å². The van der Waals surface area contributed by atoms with E-state index in [2.05, 4.69) is 32.3 Å². The maximum atomic E-state index is 5.29. The molecule has 0 spiro atoms. The maximum absolute atomic E-state index is 5.29. The molecule has 0 N–H and O–H groups in total. The number of hydrogen-bond acceptors (Lipinski definition) is 1. The van der Waals surface area contributed by atoms with Gasteiger partial charge in [-0.2, -0.15) is 0 Å². The molecule has 0 atom stereocenters. The highest BCUT2D eigenvalue weighted by molar-refractivity contribution is 7.71. The highest BCUT2D eigenvalue weighted by Crippen LogP contribution is 2.17. The second kappa shape index (κ2) is 3.02. The van der Waals surface area contributed by atoms with Crippen molar-refractivity contribution in [2.45, 2.75) is 27.7 Å². The van der Waals surface area contributed by atoms with Gasteiger partial charge in [0.1, 0.15) is 4.64 Å². The normalized spacial score (nSPS) is 10.4. The Morgan fingerprint density at radius 3 is 1.92 bits per heavy atom. The van der Waals surface area contributed by atoms with Gasteiger partial charge in [0.15, 0.2) is 0 Å². The van der Waals surface area contributed by atoms with E-state index in [-0.39, 0.29) is 0 Å². The van der Waals surface area contributed by atoms with Gasteiger partial charge in [-0.25, -0.2) is 0 Å². The van der Waals surface area contributed by atoms with Crippen LogP contribution in [0.15, 0.2) is 0 Å². The van der Waals surface area contributed by atoms with Crippen LogP contribution < -0.4 is 0 Å². The minimum absolute atomic E-state index is 0.954. The molecule has 0 saturated heterocycles. The van der Waals surface area contributed by atoms with E-state index in [9.17, 15) is 0 Å². The van der Waals surface area contributed by atoms with Gasteiger partial charge in [-0.1, -0.05) is 12.2 Å². The number of rotatable bonds is 0. The molecule has 0 fully saturated rings. The van der Waals surface area contributed by atoms with Crippen LogP contribution in [-0.4, -0.2) is 4.57 Å². The topological polar surface area (TPSA) is 4.93 Å². The summed E-state index contributed by atoms with van der Waals surface area (Å²) in [6.07, 6.45) is 0. The van der Waals surface area contributed by atoms with E-state index in [0.717, 1.165) is 4.64 Å². The molecule has 66 valence electrons. The minimum Gasteiger partial charge on any atom is -0.339 e. The molecule has 0 amide bonds. The molecular formula is C10H15NS. The summed E-state index contributed by atoms with van der Waals surface area (Å²) in [6, 6.07) is 0. The summed E-state index contributed by atoms with van der Waals surface area (Å²) in [6.45, 7) is 8.47. The van der Waals surface area contributed by atoms with E-state index in [1.807, 2.05) is 7.05 Å². The average molecular weight is 181 g/mol. The molecule has 0 aliphatic carbocycles. The highest BCUT2D eigenvalue weighted by Gasteiger charge is 2.04. The van der Waals surface area contributed by atoms with E-state index in [4.69, 9.17) is 12.2 Å². The summed E-state index contributed by atoms with van der Waals surface area (Å²) in [5, 5.41) is 0. The van der Waals surface area contributed by atoms with Crippen molar-refractivity contribution in [1.82, 2.24) is 4.57 Å². The fourth-order valence-corrected chi connectivity index (χ4v) is 1.66. The molecule has 0 aliphatic rings. The van der Waals surface area contributed by atoms with Gasteiger partial charge in [0.05, 0.1) is 0 Å².